The van der Waals surface area contributed by atoms with Crippen LogP contribution in [0.4, 0.5) is 4.39 Å². The van der Waals surface area contributed by atoms with Crippen molar-refractivity contribution >= 4 is 28.6 Å². The minimum Gasteiger partial charge on any atom is -0.493 e. The maximum atomic E-state index is 14.8. The van der Waals surface area contributed by atoms with Gasteiger partial charge in [0.1, 0.15) is 28.4 Å². The maximum Gasteiger partial charge on any atom is 0.320 e. The number of ether oxygens (including phenoxy) is 3. The molecule has 0 spiro atoms. The normalized spacial score (nSPS) is 18.4. The summed E-state index contributed by atoms with van der Waals surface area (Å²) in [6, 6.07) is 2.90. The Hall–Kier alpha value is -2.17. The van der Waals surface area contributed by atoms with Gasteiger partial charge in [0, 0.05) is 30.6 Å². The topological polar surface area (TPSA) is 93.8 Å². The number of rotatable bonds is 8. The number of benzene rings is 1. The highest BCUT2D eigenvalue weighted by Gasteiger charge is 2.24. The highest BCUT2D eigenvalue weighted by molar-refractivity contribution is 7.99. The standard InChI is InChI=1S/C26H36FN3O5S/c1-26(2,3)35-23(31)14-30-8-4-17(5-9-30)15-34-18-12-20(27)24-21(13-18)28-22(29-25(24)32)16-36-19-6-10-33-11-7-19/h12-13,17,19H,4-11,14-16H2,1-3H3,(H,28,29,32). The van der Waals surface area contributed by atoms with Crippen LogP contribution in [-0.2, 0) is 20.0 Å². The largest absolute Gasteiger partial charge is 0.493 e. The number of fused-ring (bicyclic) bond motifs is 1. The van der Waals surface area contributed by atoms with Crippen LogP contribution < -0.4 is 10.3 Å². The summed E-state index contributed by atoms with van der Waals surface area (Å²) in [6.45, 7) is 9.41. The number of H-pyrrole nitrogens is 1. The highest BCUT2D eigenvalue weighted by atomic mass is 32.2. The van der Waals surface area contributed by atoms with E-state index < -0.39 is 17.0 Å². The number of piperidine rings is 1. The van der Waals surface area contributed by atoms with Crippen LogP contribution in [0.25, 0.3) is 10.9 Å². The molecule has 2 fully saturated rings. The molecular weight excluding hydrogens is 485 g/mol. The lowest BCUT2D eigenvalue weighted by Crippen LogP contribution is -2.40. The molecule has 198 valence electrons. The van der Waals surface area contributed by atoms with Crippen LogP contribution in [0.5, 0.6) is 5.75 Å². The number of carbonyl (C=O) groups excluding carboxylic acids is 1. The molecule has 8 nitrogen and oxygen atoms in total. The van der Waals surface area contributed by atoms with Gasteiger partial charge in [-0.15, -0.1) is 0 Å². The van der Waals surface area contributed by atoms with E-state index >= 15 is 0 Å². The second-order valence-electron chi connectivity index (χ2n) is 10.6. The number of esters is 1. The molecule has 1 N–H and O–H groups in total. The Morgan fingerprint density at radius 1 is 1.22 bits per heavy atom. The number of aromatic nitrogens is 2. The summed E-state index contributed by atoms with van der Waals surface area (Å²) in [5.74, 6) is 0.932. The molecule has 0 atom stereocenters. The summed E-state index contributed by atoms with van der Waals surface area (Å²) in [5, 5.41) is 0.430. The van der Waals surface area contributed by atoms with Crippen LogP contribution in [0.1, 0.15) is 52.3 Å². The number of carbonyl (C=O) groups is 1. The maximum absolute atomic E-state index is 14.8. The van der Waals surface area contributed by atoms with E-state index in [2.05, 4.69) is 14.9 Å². The van der Waals surface area contributed by atoms with Crippen molar-refractivity contribution in [3.63, 3.8) is 0 Å². The molecular formula is C26H36FN3O5S. The molecule has 4 rings (SSSR count). The van der Waals surface area contributed by atoms with E-state index in [-0.39, 0.29) is 17.9 Å². The van der Waals surface area contributed by atoms with Crippen LogP contribution in [0.15, 0.2) is 16.9 Å². The van der Waals surface area contributed by atoms with Gasteiger partial charge in [0.2, 0.25) is 0 Å². The van der Waals surface area contributed by atoms with Gasteiger partial charge in [-0.1, -0.05) is 0 Å². The smallest absolute Gasteiger partial charge is 0.320 e. The molecule has 0 unspecified atom stereocenters. The first-order valence-corrected chi connectivity index (χ1v) is 13.7. The molecule has 1 aromatic carbocycles. The summed E-state index contributed by atoms with van der Waals surface area (Å²) in [6.07, 6.45) is 3.72. The van der Waals surface area contributed by atoms with Gasteiger partial charge in [0.15, 0.2) is 0 Å². The minimum absolute atomic E-state index is 0.0439. The minimum atomic E-state index is -0.632. The first-order valence-electron chi connectivity index (χ1n) is 12.6. The molecule has 10 heteroatoms. The van der Waals surface area contributed by atoms with Crippen molar-refractivity contribution in [3.8, 4) is 5.75 Å². The molecule has 0 bridgehead atoms. The van der Waals surface area contributed by atoms with Gasteiger partial charge in [-0.3, -0.25) is 14.5 Å². The first-order chi connectivity index (χ1) is 17.2. The van der Waals surface area contributed by atoms with Crippen LogP contribution >= 0.6 is 11.8 Å². The number of nitrogens with zero attached hydrogens (tertiary/aromatic N) is 2. The monoisotopic (exact) mass is 521 g/mol. The van der Waals surface area contributed by atoms with Gasteiger partial charge in [-0.25, -0.2) is 9.37 Å². The second-order valence-corrected chi connectivity index (χ2v) is 11.8. The fourth-order valence-electron chi connectivity index (χ4n) is 4.52. The third-order valence-electron chi connectivity index (χ3n) is 6.37. The zero-order valence-electron chi connectivity index (χ0n) is 21.3. The van der Waals surface area contributed by atoms with Crippen molar-refractivity contribution < 1.29 is 23.4 Å². The first kappa shape index (κ1) is 26.9. The molecule has 0 saturated carbocycles. The molecule has 2 aromatic rings. The van der Waals surface area contributed by atoms with Crippen LogP contribution in [0.3, 0.4) is 0 Å². The molecule has 36 heavy (non-hydrogen) atoms. The molecule has 0 amide bonds. The van der Waals surface area contributed by atoms with E-state index in [9.17, 15) is 14.0 Å². The molecule has 2 aliphatic rings. The molecule has 3 heterocycles. The van der Waals surface area contributed by atoms with Crippen molar-refractivity contribution in [2.24, 2.45) is 5.92 Å². The van der Waals surface area contributed by atoms with Gasteiger partial charge in [0.05, 0.1) is 24.4 Å². The molecule has 0 aliphatic carbocycles. The van der Waals surface area contributed by atoms with Crippen molar-refractivity contribution in [2.75, 3.05) is 39.5 Å². The van der Waals surface area contributed by atoms with Crippen molar-refractivity contribution in [1.29, 1.82) is 0 Å². The van der Waals surface area contributed by atoms with E-state index in [1.807, 2.05) is 20.8 Å². The number of nitrogens with one attached hydrogen (secondary N) is 1. The quantitative estimate of drug-likeness (QED) is 0.523. The lowest BCUT2D eigenvalue weighted by molar-refractivity contribution is -0.156. The highest BCUT2D eigenvalue weighted by Crippen LogP contribution is 2.27. The van der Waals surface area contributed by atoms with Gasteiger partial charge in [-0.05, 0) is 65.5 Å². The Morgan fingerprint density at radius 2 is 1.94 bits per heavy atom. The van der Waals surface area contributed by atoms with Crippen LogP contribution in [-0.4, -0.2) is 71.1 Å². The van der Waals surface area contributed by atoms with Gasteiger partial charge in [0.25, 0.3) is 5.56 Å². The van der Waals surface area contributed by atoms with Crippen LogP contribution in [0, 0.1) is 11.7 Å². The number of hydrogen-bond donors (Lipinski definition) is 1. The Morgan fingerprint density at radius 3 is 2.64 bits per heavy atom. The summed E-state index contributed by atoms with van der Waals surface area (Å²) < 4.78 is 31.5. The van der Waals surface area contributed by atoms with E-state index in [0.717, 1.165) is 52.0 Å². The fraction of sp³-hybridized carbons (Fsp3) is 0.654. The zero-order valence-corrected chi connectivity index (χ0v) is 22.1. The Bertz CT molecular complexity index is 1110. The molecule has 2 aliphatic heterocycles. The predicted molar refractivity (Wildman–Crippen MR) is 138 cm³/mol. The van der Waals surface area contributed by atoms with Crippen molar-refractivity contribution in [1.82, 2.24) is 14.9 Å². The molecule has 1 aromatic heterocycles. The Labute approximate surface area is 215 Å². The average molecular weight is 522 g/mol. The fourth-order valence-corrected chi connectivity index (χ4v) is 5.58. The summed E-state index contributed by atoms with van der Waals surface area (Å²) in [7, 11) is 0. The third kappa shape index (κ3) is 7.66. The van der Waals surface area contributed by atoms with E-state index in [0.29, 0.717) is 40.6 Å². The van der Waals surface area contributed by atoms with Crippen molar-refractivity contribution in [3.05, 3.63) is 34.1 Å². The summed E-state index contributed by atoms with van der Waals surface area (Å²) in [5.41, 5.74) is -0.643. The van der Waals surface area contributed by atoms with E-state index in [1.54, 1.807) is 17.8 Å². The van der Waals surface area contributed by atoms with E-state index in [4.69, 9.17) is 14.2 Å². The number of aromatic amines is 1. The van der Waals surface area contributed by atoms with E-state index in [1.165, 1.54) is 6.07 Å². The Kier molecular flexibility index (Phi) is 8.90. The zero-order chi connectivity index (χ0) is 25.7. The van der Waals surface area contributed by atoms with Gasteiger partial charge in [-0.2, -0.15) is 11.8 Å². The molecule has 0 radical (unpaired) electrons. The molecule has 2 saturated heterocycles. The third-order valence-corrected chi connectivity index (χ3v) is 7.76. The van der Waals surface area contributed by atoms with Gasteiger partial charge < -0.3 is 19.2 Å². The Balaban J connectivity index is 1.32. The average Bonchev–Trinajstić information content (AvgIpc) is 2.81. The number of halogens is 1. The SMILES string of the molecule is CC(C)(C)OC(=O)CN1CCC(COc2cc(F)c3c(=O)[nH]c(CSC4CCOCC4)nc3c2)CC1. The lowest BCUT2D eigenvalue weighted by Gasteiger charge is -2.31. The van der Waals surface area contributed by atoms with Gasteiger partial charge >= 0.3 is 5.97 Å². The lowest BCUT2D eigenvalue weighted by atomic mass is 9.98. The summed E-state index contributed by atoms with van der Waals surface area (Å²) >= 11 is 1.74. The number of likely N-dealkylation sites (tertiary alicyclic amines) is 1. The summed E-state index contributed by atoms with van der Waals surface area (Å²) in [4.78, 5) is 33.9. The second kappa shape index (κ2) is 11.9. The van der Waals surface area contributed by atoms with Crippen LogP contribution in [0.2, 0.25) is 0 Å². The number of thioether (sulfide) groups is 1. The van der Waals surface area contributed by atoms with Crippen molar-refractivity contribution in [2.45, 2.75) is 63.1 Å². The predicted octanol–water partition coefficient (Wildman–Crippen LogP) is 3.91. The number of hydrogen-bond acceptors (Lipinski definition) is 8.